The molecule has 5 rings (SSSR count). The van der Waals surface area contributed by atoms with Crippen LogP contribution in [0.1, 0.15) is 15.9 Å². The van der Waals surface area contributed by atoms with Gasteiger partial charge < -0.3 is 10.0 Å². The quantitative estimate of drug-likeness (QED) is 0.636. The molecule has 1 amide bonds. The third-order valence-electron chi connectivity index (χ3n) is 6.84. The van der Waals surface area contributed by atoms with Gasteiger partial charge in [0.15, 0.2) is 0 Å². The summed E-state index contributed by atoms with van der Waals surface area (Å²) in [6, 6.07) is 17.8. The van der Waals surface area contributed by atoms with Gasteiger partial charge in [-0.05, 0) is 35.2 Å². The smallest absolute Gasteiger partial charge is 0.254 e. The molecule has 0 aromatic heterocycles. The number of carbonyl (C=O) groups excluding carboxylic acids is 1. The van der Waals surface area contributed by atoms with Gasteiger partial charge in [-0.15, -0.1) is 0 Å². The molecule has 3 aromatic carbocycles. The molecule has 0 bridgehead atoms. The zero-order valence-electron chi connectivity index (χ0n) is 18.3. The number of β-amino-alcohol motifs (C(OH)–C–C–N with tert-alkyl or cyclic N) is 1. The molecule has 2 aliphatic rings. The Labute approximate surface area is 198 Å². The van der Waals surface area contributed by atoms with Gasteiger partial charge >= 0.3 is 0 Å². The van der Waals surface area contributed by atoms with Crippen LogP contribution in [0.25, 0.3) is 10.8 Å². The number of piperazine rings is 1. The van der Waals surface area contributed by atoms with E-state index in [9.17, 15) is 14.3 Å². The van der Waals surface area contributed by atoms with E-state index >= 15 is 0 Å². The van der Waals surface area contributed by atoms with Gasteiger partial charge in [-0.1, -0.05) is 48.0 Å². The average molecular weight is 468 g/mol. The lowest BCUT2D eigenvalue weighted by Crippen LogP contribution is -2.53. The molecule has 3 aromatic rings. The highest BCUT2D eigenvalue weighted by Crippen LogP contribution is 2.26. The summed E-state index contributed by atoms with van der Waals surface area (Å²) in [7, 11) is 0. The Morgan fingerprint density at radius 2 is 1.64 bits per heavy atom. The van der Waals surface area contributed by atoms with Gasteiger partial charge in [-0.3, -0.25) is 14.6 Å². The molecule has 0 radical (unpaired) electrons. The number of benzene rings is 3. The number of rotatable bonds is 4. The van der Waals surface area contributed by atoms with Crippen LogP contribution in [0.15, 0.2) is 60.7 Å². The number of hydrogen-bond acceptors (Lipinski definition) is 4. The van der Waals surface area contributed by atoms with E-state index in [1.807, 2.05) is 18.2 Å². The molecule has 2 saturated heterocycles. The summed E-state index contributed by atoms with van der Waals surface area (Å²) in [5.74, 6) is -0.493. The Balaban J connectivity index is 1.22. The second-order valence-corrected chi connectivity index (χ2v) is 9.36. The standard InChI is InChI=1S/C26H27ClFN3O2/c27-19-7-5-18(6-8-19)15-29-11-13-30(14-12-29)24-16-31(17-25(24)32)26(33)22-9-10-23(28)21-4-2-1-3-20(21)22/h1-10,24-25,32H,11-17H2. The van der Waals surface area contributed by atoms with Crippen molar-refractivity contribution in [2.45, 2.75) is 18.7 Å². The molecule has 33 heavy (non-hydrogen) atoms. The van der Waals surface area contributed by atoms with Crippen LogP contribution >= 0.6 is 11.6 Å². The van der Waals surface area contributed by atoms with Gasteiger partial charge in [0.2, 0.25) is 0 Å². The van der Waals surface area contributed by atoms with E-state index in [0.29, 0.717) is 29.4 Å². The van der Waals surface area contributed by atoms with Crippen molar-refractivity contribution in [2.75, 3.05) is 39.3 Å². The summed E-state index contributed by atoms with van der Waals surface area (Å²) in [4.78, 5) is 19.7. The molecule has 2 atom stereocenters. The molecule has 0 spiro atoms. The van der Waals surface area contributed by atoms with Gasteiger partial charge in [-0.25, -0.2) is 4.39 Å². The van der Waals surface area contributed by atoms with E-state index in [2.05, 4.69) is 21.9 Å². The maximum absolute atomic E-state index is 14.2. The van der Waals surface area contributed by atoms with Gasteiger partial charge in [-0.2, -0.15) is 0 Å². The summed E-state index contributed by atoms with van der Waals surface area (Å²) in [5.41, 5.74) is 1.71. The van der Waals surface area contributed by atoms with Gasteiger partial charge in [0, 0.05) is 61.8 Å². The predicted molar refractivity (Wildman–Crippen MR) is 128 cm³/mol. The molecule has 1 N–H and O–H groups in total. The zero-order valence-corrected chi connectivity index (χ0v) is 19.1. The molecule has 5 nitrogen and oxygen atoms in total. The van der Waals surface area contributed by atoms with Crippen molar-refractivity contribution in [1.82, 2.24) is 14.7 Å². The number of likely N-dealkylation sites (tertiary alicyclic amines) is 1. The van der Waals surface area contributed by atoms with Crippen molar-refractivity contribution in [1.29, 1.82) is 0 Å². The van der Waals surface area contributed by atoms with E-state index in [0.717, 1.165) is 37.7 Å². The lowest BCUT2D eigenvalue weighted by Gasteiger charge is -2.38. The van der Waals surface area contributed by atoms with Gasteiger partial charge in [0.25, 0.3) is 5.91 Å². The number of aliphatic hydroxyl groups is 1. The first-order chi connectivity index (χ1) is 16.0. The molecular formula is C26H27ClFN3O2. The van der Waals surface area contributed by atoms with Crippen LogP contribution in [-0.4, -0.2) is 77.1 Å². The van der Waals surface area contributed by atoms with Crippen molar-refractivity contribution in [3.05, 3.63) is 82.6 Å². The largest absolute Gasteiger partial charge is 0.390 e. The van der Waals surface area contributed by atoms with Crippen LogP contribution in [0.5, 0.6) is 0 Å². The van der Waals surface area contributed by atoms with Crippen molar-refractivity contribution in [3.8, 4) is 0 Å². The lowest BCUT2D eigenvalue weighted by atomic mass is 10.0. The normalized spacial score (nSPS) is 22.2. The maximum Gasteiger partial charge on any atom is 0.254 e. The molecular weight excluding hydrogens is 441 g/mol. The average Bonchev–Trinajstić information content (AvgIpc) is 3.23. The summed E-state index contributed by atoms with van der Waals surface area (Å²) in [6.45, 7) is 5.14. The molecule has 2 heterocycles. The highest BCUT2D eigenvalue weighted by molar-refractivity contribution is 6.30. The van der Waals surface area contributed by atoms with Crippen molar-refractivity contribution in [3.63, 3.8) is 0 Å². The third kappa shape index (κ3) is 4.62. The number of halogens is 2. The first-order valence-corrected chi connectivity index (χ1v) is 11.7. The molecule has 0 aliphatic carbocycles. The van der Waals surface area contributed by atoms with Gasteiger partial charge in [0.05, 0.1) is 12.1 Å². The number of hydrogen-bond donors (Lipinski definition) is 1. The Morgan fingerprint density at radius 1 is 0.939 bits per heavy atom. The lowest BCUT2D eigenvalue weighted by molar-refractivity contribution is 0.0423. The summed E-state index contributed by atoms with van der Waals surface area (Å²) < 4.78 is 14.2. The van der Waals surface area contributed by atoms with E-state index < -0.39 is 6.10 Å². The zero-order chi connectivity index (χ0) is 22.9. The van der Waals surface area contributed by atoms with Crippen LogP contribution < -0.4 is 0 Å². The van der Waals surface area contributed by atoms with Crippen LogP contribution in [0.4, 0.5) is 4.39 Å². The van der Waals surface area contributed by atoms with E-state index in [1.165, 1.54) is 11.6 Å². The predicted octanol–water partition coefficient (Wildman–Crippen LogP) is 3.64. The van der Waals surface area contributed by atoms with Crippen LogP contribution in [0.2, 0.25) is 5.02 Å². The first-order valence-electron chi connectivity index (χ1n) is 11.3. The number of amides is 1. The summed E-state index contributed by atoms with van der Waals surface area (Å²) in [6.07, 6.45) is -0.594. The Hall–Kier alpha value is -2.51. The van der Waals surface area contributed by atoms with Crippen molar-refractivity contribution < 1.29 is 14.3 Å². The molecule has 7 heteroatoms. The molecule has 2 unspecified atom stereocenters. The second-order valence-electron chi connectivity index (χ2n) is 8.92. The molecule has 172 valence electrons. The minimum Gasteiger partial charge on any atom is -0.390 e. The van der Waals surface area contributed by atoms with Crippen molar-refractivity contribution in [2.24, 2.45) is 0 Å². The number of fused-ring (bicyclic) bond motifs is 1. The van der Waals surface area contributed by atoms with Crippen molar-refractivity contribution >= 4 is 28.3 Å². The SMILES string of the molecule is O=C(c1ccc(F)c2ccccc12)N1CC(O)C(N2CCN(Cc3ccc(Cl)cc3)CC2)C1. The fraction of sp³-hybridized carbons (Fsp3) is 0.346. The maximum atomic E-state index is 14.2. The number of carbonyl (C=O) groups is 1. The molecule has 2 aliphatic heterocycles. The van der Waals surface area contributed by atoms with E-state index in [4.69, 9.17) is 11.6 Å². The summed E-state index contributed by atoms with van der Waals surface area (Å²) >= 11 is 5.98. The fourth-order valence-electron chi connectivity index (χ4n) is 5.01. The minimum absolute atomic E-state index is 0.0849. The topological polar surface area (TPSA) is 47.0 Å². The highest BCUT2D eigenvalue weighted by Gasteiger charge is 2.39. The fourth-order valence-corrected chi connectivity index (χ4v) is 5.14. The van der Waals surface area contributed by atoms with Gasteiger partial charge in [0.1, 0.15) is 5.82 Å². The van der Waals surface area contributed by atoms with E-state index in [-0.39, 0.29) is 17.8 Å². The molecule has 2 fully saturated rings. The third-order valence-corrected chi connectivity index (χ3v) is 7.09. The van der Waals surface area contributed by atoms with E-state index in [1.54, 1.807) is 29.2 Å². The van der Waals surface area contributed by atoms with Crippen LogP contribution in [0.3, 0.4) is 0 Å². The number of nitrogens with zero attached hydrogens (tertiary/aromatic N) is 3. The highest BCUT2D eigenvalue weighted by atomic mass is 35.5. The Kier molecular flexibility index (Phi) is 6.34. The molecule has 0 saturated carbocycles. The minimum atomic E-state index is -0.594. The first kappa shape index (κ1) is 22.3. The Bertz CT molecular complexity index is 1150. The van der Waals surface area contributed by atoms with Crippen LogP contribution in [0, 0.1) is 5.82 Å². The van der Waals surface area contributed by atoms with Crippen LogP contribution in [-0.2, 0) is 6.54 Å². The number of aliphatic hydroxyl groups excluding tert-OH is 1. The Morgan fingerprint density at radius 3 is 2.36 bits per heavy atom. The summed E-state index contributed by atoms with van der Waals surface area (Å²) in [5, 5.41) is 12.6. The monoisotopic (exact) mass is 467 g/mol. The second kappa shape index (κ2) is 9.39.